The molecule has 26 heavy (non-hydrogen) atoms. The van der Waals surface area contributed by atoms with Gasteiger partial charge in [-0.15, -0.1) is 11.3 Å². The van der Waals surface area contributed by atoms with Gasteiger partial charge < -0.3 is 4.42 Å². The monoisotopic (exact) mass is 404 g/mol. The van der Waals surface area contributed by atoms with E-state index in [1.807, 2.05) is 18.4 Å². The third-order valence-corrected chi connectivity index (χ3v) is 6.32. The van der Waals surface area contributed by atoms with Crippen LogP contribution in [-0.4, -0.2) is 25.8 Å². The highest BCUT2D eigenvalue weighted by atomic mass is 32.2. The van der Waals surface area contributed by atoms with Crippen LogP contribution >= 0.6 is 34.9 Å². The summed E-state index contributed by atoms with van der Waals surface area (Å²) in [7, 11) is 0. The molecule has 0 radical (unpaired) electrons. The maximum Gasteiger partial charge on any atom is 0.181 e. The van der Waals surface area contributed by atoms with Crippen molar-refractivity contribution in [2.75, 3.05) is 10.8 Å². The normalized spacial score (nSPS) is 12.2. The Bertz CT molecular complexity index is 816. The number of oxazole rings is 1. The van der Waals surface area contributed by atoms with E-state index in [1.165, 1.54) is 35.9 Å². The third kappa shape index (κ3) is 5.87. The molecule has 0 spiro atoms. The fraction of sp³-hybridized carbons (Fsp3) is 0.333. The van der Waals surface area contributed by atoms with Crippen LogP contribution in [0.4, 0.5) is 0 Å². The van der Waals surface area contributed by atoms with Crippen molar-refractivity contribution in [3.63, 3.8) is 0 Å². The van der Waals surface area contributed by atoms with Crippen molar-refractivity contribution in [2.45, 2.75) is 26.7 Å². The molecule has 5 nitrogen and oxygen atoms in total. The van der Waals surface area contributed by atoms with Gasteiger partial charge in [0.1, 0.15) is 16.1 Å². The van der Waals surface area contributed by atoms with Gasteiger partial charge >= 0.3 is 0 Å². The van der Waals surface area contributed by atoms with E-state index in [2.05, 4.69) is 23.0 Å². The minimum atomic E-state index is 0.242. The van der Waals surface area contributed by atoms with Gasteiger partial charge in [0.15, 0.2) is 12.2 Å². The second-order valence-electron chi connectivity index (χ2n) is 5.22. The van der Waals surface area contributed by atoms with Gasteiger partial charge in [-0.05, 0) is 31.2 Å². The molecule has 0 aliphatic rings. The zero-order valence-electron chi connectivity index (χ0n) is 14.7. The summed E-state index contributed by atoms with van der Waals surface area (Å²) in [6.07, 6.45) is 9.02. The Hall–Kier alpha value is -1.82. The number of hydrogen-bond donors (Lipinski definition) is 1. The average Bonchev–Trinajstić information content (AvgIpc) is 3.30. The zero-order valence-corrected chi connectivity index (χ0v) is 17.1. The lowest BCUT2D eigenvalue weighted by molar-refractivity contribution is 0.544. The number of nitrogens with one attached hydrogen (secondary N) is 1. The summed E-state index contributed by atoms with van der Waals surface area (Å²) < 4.78 is 5.49. The van der Waals surface area contributed by atoms with Crippen LogP contribution in [0, 0.1) is 23.7 Å². The van der Waals surface area contributed by atoms with Crippen LogP contribution in [0.1, 0.15) is 36.2 Å². The van der Waals surface area contributed by atoms with E-state index in [9.17, 15) is 5.26 Å². The lowest BCUT2D eigenvalue weighted by Gasteiger charge is -2.07. The first-order chi connectivity index (χ1) is 12.7. The second-order valence-corrected chi connectivity index (χ2v) is 8.61. The summed E-state index contributed by atoms with van der Waals surface area (Å²) in [6.45, 7) is 3.98. The van der Waals surface area contributed by atoms with Crippen LogP contribution in [-0.2, 0) is 0 Å². The average molecular weight is 405 g/mol. The molecule has 1 N–H and O–H groups in total. The highest BCUT2D eigenvalue weighted by Crippen LogP contribution is 2.28. The number of thioether (sulfide) groups is 2. The Morgan fingerprint density at radius 3 is 2.92 bits per heavy atom. The fourth-order valence-electron chi connectivity index (χ4n) is 2.02. The van der Waals surface area contributed by atoms with Crippen molar-refractivity contribution >= 4 is 51.6 Å². The number of aryl methyl sites for hydroxylation is 1. The predicted octanol–water partition coefficient (Wildman–Crippen LogP) is 5.63. The molecule has 0 aromatic carbocycles. The largest absolute Gasteiger partial charge is 0.443 e. The van der Waals surface area contributed by atoms with Gasteiger partial charge in [0, 0.05) is 22.2 Å². The number of allylic oxidation sites excluding steroid dienone is 2. The first-order valence-corrected chi connectivity index (χ1v) is 11.1. The molecule has 0 aliphatic carbocycles. The van der Waals surface area contributed by atoms with Crippen LogP contribution in [0.3, 0.4) is 0 Å². The predicted molar refractivity (Wildman–Crippen MR) is 112 cm³/mol. The summed E-state index contributed by atoms with van der Waals surface area (Å²) in [5.74, 6) is 1.58. The van der Waals surface area contributed by atoms with Crippen LogP contribution in [0.25, 0.3) is 11.6 Å². The SMILES string of the molecule is CCCCSCSC(=N)/C(C#N)=C(\C=C\c1nccs1)c1ocnc1C. The number of nitrogens with zero attached hydrogens (tertiary/aromatic N) is 3. The number of nitriles is 1. The van der Waals surface area contributed by atoms with Crippen molar-refractivity contribution in [2.24, 2.45) is 0 Å². The van der Waals surface area contributed by atoms with Gasteiger partial charge in [-0.1, -0.05) is 25.1 Å². The molecule has 0 saturated heterocycles. The summed E-state index contributed by atoms with van der Waals surface area (Å²) in [6, 6.07) is 2.17. The van der Waals surface area contributed by atoms with Gasteiger partial charge in [-0.2, -0.15) is 17.0 Å². The molecule has 0 fully saturated rings. The number of aromatic nitrogens is 2. The van der Waals surface area contributed by atoms with Crippen LogP contribution in [0.5, 0.6) is 0 Å². The number of hydrogen-bond acceptors (Lipinski definition) is 8. The minimum Gasteiger partial charge on any atom is -0.443 e. The summed E-state index contributed by atoms with van der Waals surface area (Å²) >= 11 is 4.66. The first kappa shape index (κ1) is 20.5. The Morgan fingerprint density at radius 1 is 1.46 bits per heavy atom. The molecule has 2 aromatic rings. The molecule has 0 aliphatic heterocycles. The van der Waals surface area contributed by atoms with Crippen LogP contribution in [0.2, 0.25) is 0 Å². The molecule has 0 amide bonds. The maximum absolute atomic E-state index is 9.68. The van der Waals surface area contributed by atoms with E-state index in [4.69, 9.17) is 9.83 Å². The number of unbranched alkanes of at least 4 members (excludes halogenated alkanes) is 1. The van der Waals surface area contributed by atoms with Gasteiger partial charge in [0.2, 0.25) is 0 Å². The van der Waals surface area contributed by atoms with Gasteiger partial charge in [-0.25, -0.2) is 9.97 Å². The summed E-state index contributed by atoms with van der Waals surface area (Å²) in [4.78, 5) is 8.33. The summed E-state index contributed by atoms with van der Waals surface area (Å²) in [5, 5.41) is 21.7. The molecule has 2 aromatic heterocycles. The van der Waals surface area contributed by atoms with Gasteiger partial charge in [0.25, 0.3) is 0 Å². The molecule has 8 heteroatoms. The third-order valence-electron chi connectivity index (χ3n) is 3.37. The Morgan fingerprint density at radius 2 is 2.31 bits per heavy atom. The fourth-order valence-corrected chi connectivity index (χ4v) is 4.61. The zero-order chi connectivity index (χ0) is 18.8. The molecule has 2 heterocycles. The summed E-state index contributed by atoms with van der Waals surface area (Å²) in [5.41, 5.74) is 1.54. The molecule has 136 valence electrons. The van der Waals surface area contributed by atoms with Crippen LogP contribution in [0.15, 0.2) is 34.0 Å². The van der Waals surface area contributed by atoms with Gasteiger partial charge in [-0.3, -0.25) is 5.41 Å². The Kier molecular flexibility index (Phi) is 8.68. The van der Waals surface area contributed by atoms with Crippen molar-refractivity contribution in [3.8, 4) is 6.07 Å². The van der Waals surface area contributed by atoms with E-state index in [1.54, 1.807) is 24.0 Å². The quantitative estimate of drug-likeness (QED) is 0.145. The second kappa shape index (κ2) is 11.0. The highest BCUT2D eigenvalue weighted by Gasteiger charge is 2.17. The smallest absolute Gasteiger partial charge is 0.181 e. The molecule has 0 saturated carbocycles. The molecule has 0 bridgehead atoms. The van der Waals surface area contributed by atoms with Crippen molar-refractivity contribution in [1.29, 1.82) is 10.7 Å². The lowest BCUT2D eigenvalue weighted by atomic mass is 10.1. The van der Waals surface area contributed by atoms with E-state index in [-0.39, 0.29) is 5.04 Å². The van der Waals surface area contributed by atoms with E-state index < -0.39 is 0 Å². The van der Waals surface area contributed by atoms with Gasteiger partial charge in [0.05, 0.1) is 11.3 Å². The topological polar surface area (TPSA) is 86.6 Å². The molecule has 0 unspecified atom stereocenters. The lowest BCUT2D eigenvalue weighted by Crippen LogP contribution is -2.00. The van der Waals surface area contributed by atoms with E-state index >= 15 is 0 Å². The van der Waals surface area contributed by atoms with Crippen LogP contribution < -0.4 is 0 Å². The molecule has 0 atom stereocenters. The molecular formula is C18H20N4OS3. The number of rotatable bonds is 9. The van der Waals surface area contributed by atoms with E-state index in [0.29, 0.717) is 22.6 Å². The number of thiazole rings is 1. The van der Waals surface area contributed by atoms with Crippen molar-refractivity contribution in [1.82, 2.24) is 9.97 Å². The highest BCUT2D eigenvalue weighted by molar-refractivity contribution is 8.24. The van der Waals surface area contributed by atoms with E-state index in [0.717, 1.165) is 22.3 Å². The molecule has 2 rings (SSSR count). The first-order valence-electron chi connectivity index (χ1n) is 8.09. The Balaban J connectivity index is 2.26. The Labute approximate surface area is 166 Å². The van der Waals surface area contributed by atoms with Crippen molar-refractivity contribution < 1.29 is 4.42 Å². The minimum absolute atomic E-state index is 0.242. The van der Waals surface area contributed by atoms with Crippen molar-refractivity contribution in [3.05, 3.63) is 46.1 Å². The standard InChI is InChI=1S/C18H20N4OS3/c1-3-4-8-24-12-26-18(20)15(10-19)14(17-13(2)22-11-23-17)5-6-16-21-7-9-25-16/h5-7,9,11,20H,3-4,8,12H2,1-2H3/b6-5+,15-14+,20-18?. The molecular weight excluding hydrogens is 384 g/mol. The maximum atomic E-state index is 9.68.